The number of carbonyl (C=O) groups excluding carboxylic acids is 2. The predicted molar refractivity (Wildman–Crippen MR) is 156 cm³/mol. The van der Waals surface area contributed by atoms with E-state index in [0.717, 1.165) is 23.6 Å². The number of ether oxygens (including phenoxy) is 1. The molecule has 13 nitrogen and oxygen atoms in total. The lowest BCUT2D eigenvalue weighted by Crippen LogP contribution is -2.29. The highest BCUT2D eigenvalue weighted by Crippen LogP contribution is 2.32. The van der Waals surface area contributed by atoms with Gasteiger partial charge in [0.1, 0.15) is 22.6 Å². The largest absolute Gasteiger partial charge is 0.497 e. The fraction of sp³-hybridized carbons (Fsp3) is 0.231. The van der Waals surface area contributed by atoms with Crippen LogP contribution >= 0.6 is 23.5 Å². The number of carbonyl (C=O) groups is 3. The van der Waals surface area contributed by atoms with E-state index in [1.54, 1.807) is 42.1 Å². The maximum absolute atomic E-state index is 12.6. The number of H-pyrrole nitrogens is 2. The number of thioether (sulfide) groups is 2. The van der Waals surface area contributed by atoms with Gasteiger partial charge in [0.15, 0.2) is 5.17 Å². The van der Waals surface area contributed by atoms with Crippen molar-refractivity contribution < 1.29 is 29.3 Å². The summed E-state index contributed by atoms with van der Waals surface area (Å²) >= 11 is 2.59. The number of aliphatic carboxylic acids is 1. The quantitative estimate of drug-likeness (QED) is 0.208. The highest BCUT2D eigenvalue weighted by Gasteiger charge is 2.34. The first-order valence-electron chi connectivity index (χ1n) is 11.9. The Bertz CT molecular complexity index is 1570. The second-order valence-electron chi connectivity index (χ2n) is 8.38. The summed E-state index contributed by atoms with van der Waals surface area (Å²) in [4.78, 5) is 68.1. The minimum atomic E-state index is -1.07. The second-order valence-corrected chi connectivity index (χ2v) is 10.5. The first-order valence-corrected chi connectivity index (χ1v) is 14.0. The van der Waals surface area contributed by atoms with Crippen LogP contribution in [0.5, 0.6) is 11.6 Å². The molecule has 216 valence electrons. The molecule has 4 rings (SSSR count). The molecule has 1 aromatic heterocycles. The molecule has 0 bridgehead atoms. The standard InChI is InChI=1S/C24H23N5O6S2.C2H4O2/c1-35-14-8-6-12(7-9-14)19(18-21(32)27-23(34)28-22(18)33)26-24-29-20(31)16(37-24)11-17(30)25-13-4-3-5-15(10-13)36-2;1-2(3)4/h3-10,16,19H,11H2,1-2H3,(H,25,30)(H,26,29,31)(H3,27,28,32,33,34);1H3,(H,3,4). The number of aromatic amines is 2. The van der Waals surface area contributed by atoms with Crippen molar-refractivity contribution in [3.8, 4) is 11.6 Å². The molecule has 0 radical (unpaired) electrons. The number of aromatic nitrogens is 2. The SMILES string of the molecule is CC(=O)O.COc1ccc(C(N=C2NC(=O)C(CC(=O)Nc3cccc(SC)c3)S2)c2c(O)[nH]c(=O)[nH]c2=O)cc1. The van der Waals surface area contributed by atoms with E-state index >= 15 is 0 Å². The topological polar surface area (TPSA) is 203 Å². The van der Waals surface area contributed by atoms with E-state index in [0.29, 0.717) is 17.0 Å². The number of rotatable bonds is 8. The minimum Gasteiger partial charge on any atom is -0.497 e. The van der Waals surface area contributed by atoms with Gasteiger partial charge in [-0.1, -0.05) is 30.0 Å². The van der Waals surface area contributed by atoms with Crippen LogP contribution in [0.2, 0.25) is 0 Å². The number of aromatic hydroxyl groups is 1. The van der Waals surface area contributed by atoms with Gasteiger partial charge in [-0.3, -0.25) is 29.1 Å². The number of methoxy groups -OCH3 is 1. The Morgan fingerprint density at radius 3 is 2.44 bits per heavy atom. The van der Waals surface area contributed by atoms with Crippen LogP contribution in [0.4, 0.5) is 5.69 Å². The van der Waals surface area contributed by atoms with Gasteiger partial charge < -0.3 is 25.6 Å². The number of hydrogen-bond donors (Lipinski definition) is 6. The van der Waals surface area contributed by atoms with E-state index in [9.17, 15) is 24.3 Å². The summed E-state index contributed by atoms with van der Waals surface area (Å²) in [6, 6.07) is 12.9. The van der Waals surface area contributed by atoms with Crippen molar-refractivity contribution in [3.63, 3.8) is 0 Å². The molecule has 1 aliphatic rings. The van der Waals surface area contributed by atoms with Gasteiger partial charge in [-0.05, 0) is 42.2 Å². The minimum absolute atomic E-state index is 0.100. The number of benzene rings is 2. The van der Waals surface area contributed by atoms with E-state index in [1.807, 2.05) is 24.5 Å². The number of anilines is 1. The van der Waals surface area contributed by atoms with Gasteiger partial charge in [0.05, 0.1) is 7.11 Å². The lowest BCUT2D eigenvalue weighted by Gasteiger charge is -2.15. The Hall–Kier alpha value is -4.50. The highest BCUT2D eigenvalue weighted by atomic mass is 32.2. The van der Waals surface area contributed by atoms with Crippen molar-refractivity contribution in [2.45, 2.75) is 29.5 Å². The van der Waals surface area contributed by atoms with Crippen LogP contribution in [0.3, 0.4) is 0 Å². The molecule has 2 atom stereocenters. The molecule has 2 amide bonds. The van der Waals surface area contributed by atoms with Gasteiger partial charge in [0.2, 0.25) is 17.7 Å². The smallest absolute Gasteiger partial charge is 0.328 e. The van der Waals surface area contributed by atoms with Crippen molar-refractivity contribution in [2.75, 3.05) is 18.7 Å². The summed E-state index contributed by atoms with van der Waals surface area (Å²) in [5, 5.41) is 22.6. The average Bonchev–Trinajstić information content (AvgIpc) is 3.25. The number of aliphatic imine (C=N–C) groups is 1. The summed E-state index contributed by atoms with van der Waals surface area (Å²) < 4.78 is 5.17. The average molecular weight is 602 g/mol. The van der Waals surface area contributed by atoms with E-state index in [4.69, 9.17) is 14.6 Å². The van der Waals surface area contributed by atoms with Gasteiger partial charge in [0, 0.05) is 23.9 Å². The number of amidine groups is 1. The van der Waals surface area contributed by atoms with Crippen LogP contribution in [0.1, 0.15) is 30.5 Å². The van der Waals surface area contributed by atoms with Gasteiger partial charge >= 0.3 is 5.69 Å². The molecule has 41 heavy (non-hydrogen) atoms. The van der Waals surface area contributed by atoms with Crippen LogP contribution in [0.25, 0.3) is 0 Å². The fourth-order valence-corrected chi connectivity index (χ4v) is 5.08. The summed E-state index contributed by atoms with van der Waals surface area (Å²) in [5.41, 5.74) is -0.788. The summed E-state index contributed by atoms with van der Waals surface area (Å²) in [6.07, 6.45) is 1.83. The third kappa shape index (κ3) is 8.74. The molecule has 0 saturated carbocycles. The number of amides is 2. The zero-order valence-electron chi connectivity index (χ0n) is 22.1. The Kier molecular flexibility index (Phi) is 10.8. The maximum atomic E-state index is 12.6. The van der Waals surface area contributed by atoms with Gasteiger partial charge in [-0.25, -0.2) is 9.79 Å². The van der Waals surface area contributed by atoms with E-state index in [2.05, 4.69) is 25.6 Å². The Morgan fingerprint density at radius 1 is 1.15 bits per heavy atom. The maximum Gasteiger partial charge on any atom is 0.328 e. The highest BCUT2D eigenvalue weighted by molar-refractivity contribution is 8.15. The van der Waals surface area contributed by atoms with Gasteiger partial charge in [0.25, 0.3) is 11.5 Å². The van der Waals surface area contributed by atoms with Crippen molar-refractivity contribution in [2.24, 2.45) is 4.99 Å². The molecule has 1 fully saturated rings. The number of nitrogens with one attached hydrogen (secondary N) is 4. The summed E-state index contributed by atoms with van der Waals surface area (Å²) in [7, 11) is 1.51. The molecular weight excluding hydrogens is 574 g/mol. The number of carboxylic acids is 1. The number of nitrogens with zero attached hydrogens (tertiary/aromatic N) is 1. The lowest BCUT2D eigenvalue weighted by molar-refractivity contribution is -0.134. The van der Waals surface area contributed by atoms with Crippen molar-refractivity contribution in [1.82, 2.24) is 15.3 Å². The van der Waals surface area contributed by atoms with Gasteiger partial charge in [-0.15, -0.1) is 11.8 Å². The van der Waals surface area contributed by atoms with Crippen LogP contribution in [-0.4, -0.2) is 61.7 Å². The van der Waals surface area contributed by atoms with Crippen LogP contribution in [-0.2, 0) is 14.4 Å². The third-order valence-corrected chi connectivity index (χ3v) is 7.23. The molecule has 2 aromatic carbocycles. The third-order valence-electron chi connectivity index (χ3n) is 5.41. The Morgan fingerprint density at radius 2 is 1.83 bits per heavy atom. The summed E-state index contributed by atoms with van der Waals surface area (Å²) in [5.74, 6) is -1.66. The van der Waals surface area contributed by atoms with Crippen molar-refractivity contribution in [1.29, 1.82) is 0 Å². The first kappa shape index (κ1) is 31.0. The zero-order chi connectivity index (χ0) is 30.1. The molecule has 0 spiro atoms. The molecular formula is C26H27N5O8S2. The molecule has 1 saturated heterocycles. The molecule has 0 aliphatic carbocycles. The van der Waals surface area contributed by atoms with E-state index in [-0.39, 0.29) is 23.1 Å². The molecule has 1 aliphatic heterocycles. The lowest BCUT2D eigenvalue weighted by atomic mass is 10.0. The van der Waals surface area contributed by atoms with Crippen LogP contribution in [0.15, 0.2) is 68.0 Å². The number of carboxylic acid groups (broad SMARTS) is 1. The van der Waals surface area contributed by atoms with E-state index in [1.165, 1.54) is 7.11 Å². The fourth-order valence-electron chi connectivity index (χ4n) is 3.63. The van der Waals surface area contributed by atoms with E-state index < -0.39 is 40.3 Å². The van der Waals surface area contributed by atoms with Crippen molar-refractivity contribution in [3.05, 3.63) is 80.5 Å². The molecule has 2 unspecified atom stereocenters. The second kappa shape index (κ2) is 14.2. The Balaban J connectivity index is 0.00000108. The summed E-state index contributed by atoms with van der Waals surface area (Å²) in [6.45, 7) is 1.08. The first-order chi connectivity index (χ1) is 19.5. The molecule has 15 heteroatoms. The molecule has 6 N–H and O–H groups in total. The van der Waals surface area contributed by atoms with Gasteiger partial charge in [-0.2, -0.15) is 0 Å². The number of hydrogen-bond acceptors (Lipinski definition) is 10. The normalized spacial score (nSPS) is 15.8. The molecule has 2 heterocycles. The van der Waals surface area contributed by atoms with Crippen LogP contribution in [0, 0.1) is 0 Å². The zero-order valence-corrected chi connectivity index (χ0v) is 23.7. The molecule has 3 aromatic rings. The van der Waals surface area contributed by atoms with Crippen LogP contribution < -0.4 is 26.6 Å². The monoisotopic (exact) mass is 601 g/mol. The Labute approximate surface area is 241 Å². The van der Waals surface area contributed by atoms with Crippen molar-refractivity contribution >= 4 is 52.2 Å². The predicted octanol–water partition coefficient (Wildman–Crippen LogP) is 2.30.